The fourth-order valence-corrected chi connectivity index (χ4v) is 2.01. The molecule has 0 aliphatic heterocycles. The molecule has 0 aromatic heterocycles. The lowest BCUT2D eigenvalue weighted by atomic mass is 10.1. The lowest BCUT2D eigenvalue weighted by Crippen LogP contribution is -2.25. The fourth-order valence-electron chi connectivity index (χ4n) is 2.01. The number of hydrogen-bond acceptors (Lipinski definition) is 4. The molecule has 1 saturated carbocycles. The van der Waals surface area contributed by atoms with Crippen molar-refractivity contribution in [3.63, 3.8) is 0 Å². The van der Waals surface area contributed by atoms with Gasteiger partial charge < -0.3 is 20.7 Å². The van der Waals surface area contributed by atoms with Gasteiger partial charge >= 0.3 is 0 Å². The summed E-state index contributed by atoms with van der Waals surface area (Å²) in [5, 5.41) is 2.99. The first-order valence-corrected chi connectivity index (χ1v) is 7.50. The van der Waals surface area contributed by atoms with Crippen LogP contribution >= 0.6 is 0 Å². The quantitative estimate of drug-likeness (QED) is 0.711. The van der Waals surface area contributed by atoms with Crippen molar-refractivity contribution in [1.82, 2.24) is 10.2 Å². The zero-order chi connectivity index (χ0) is 15.2. The predicted molar refractivity (Wildman–Crippen MR) is 84.4 cm³/mol. The minimum atomic E-state index is 0.127. The maximum Gasteiger partial charge on any atom is 0.220 e. The van der Waals surface area contributed by atoms with Crippen molar-refractivity contribution in [3.05, 3.63) is 23.8 Å². The molecule has 0 spiro atoms. The molecule has 21 heavy (non-hydrogen) atoms. The lowest BCUT2D eigenvalue weighted by molar-refractivity contribution is -0.121. The number of nitrogen functional groups attached to an aromatic ring is 1. The van der Waals surface area contributed by atoms with Crippen molar-refractivity contribution in [1.29, 1.82) is 0 Å². The third kappa shape index (κ3) is 5.63. The van der Waals surface area contributed by atoms with Gasteiger partial charge in [0.15, 0.2) is 0 Å². The highest BCUT2D eigenvalue weighted by molar-refractivity contribution is 5.76. The van der Waals surface area contributed by atoms with Crippen LogP contribution in [0.3, 0.4) is 0 Å². The highest BCUT2D eigenvalue weighted by Gasteiger charge is 2.22. The number of carbonyl (C=O) groups excluding carboxylic acids is 1. The van der Waals surface area contributed by atoms with Crippen molar-refractivity contribution in [2.75, 3.05) is 33.0 Å². The number of carbonyl (C=O) groups is 1. The van der Waals surface area contributed by atoms with Crippen LogP contribution in [0.1, 0.15) is 24.8 Å². The number of amides is 1. The molecular formula is C16H25N3O2. The third-order valence-corrected chi connectivity index (χ3v) is 3.45. The molecule has 116 valence electrons. The average molecular weight is 291 g/mol. The largest absolute Gasteiger partial charge is 0.490 e. The first-order chi connectivity index (χ1) is 10.0. The van der Waals surface area contributed by atoms with Gasteiger partial charge in [0, 0.05) is 19.0 Å². The van der Waals surface area contributed by atoms with Crippen LogP contribution in [0.25, 0.3) is 0 Å². The summed E-state index contributed by atoms with van der Waals surface area (Å²) in [5.41, 5.74) is 7.70. The maximum atomic E-state index is 11.7. The molecule has 0 heterocycles. The number of nitrogens with zero attached hydrogens (tertiary/aromatic N) is 1. The standard InChI is InChI=1S/C16H25N3O2/c1-19(2)9-10-21-15-7-3-12(11-14(15)17)4-8-16(20)18-13-5-6-13/h3,7,11,13H,4-6,8-10,17H2,1-2H3,(H,18,20). The van der Waals surface area contributed by atoms with E-state index in [1.165, 1.54) is 0 Å². The maximum absolute atomic E-state index is 11.7. The molecule has 1 aromatic rings. The molecular weight excluding hydrogens is 266 g/mol. The first-order valence-electron chi connectivity index (χ1n) is 7.50. The summed E-state index contributed by atoms with van der Waals surface area (Å²) < 4.78 is 5.64. The Morgan fingerprint density at radius 3 is 2.81 bits per heavy atom. The molecule has 1 aliphatic rings. The molecule has 5 heteroatoms. The Morgan fingerprint density at radius 2 is 2.19 bits per heavy atom. The normalized spacial score (nSPS) is 14.2. The van der Waals surface area contributed by atoms with Crippen LogP contribution in [0, 0.1) is 0 Å². The fraction of sp³-hybridized carbons (Fsp3) is 0.562. The number of hydrogen-bond donors (Lipinski definition) is 2. The molecule has 1 fully saturated rings. The van der Waals surface area contributed by atoms with Crippen LogP contribution < -0.4 is 15.8 Å². The number of ether oxygens (including phenoxy) is 1. The van der Waals surface area contributed by atoms with Crippen LogP contribution in [0.4, 0.5) is 5.69 Å². The summed E-state index contributed by atoms with van der Waals surface area (Å²) in [4.78, 5) is 13.7. The Labute approximate surface area is 126 Å². The van der Waals surface area contributed by atoms with E-state index in [2.05, 4.69) is 10.2 Å². The first kappa shape index (κ1) is 15.6. The lowest BCUT2D eigenvalue weighted by Gasteiger charge is -2.13. The predicted octanol–water partition coefficient (Wildman–Crippen LogP) is 1.42. The minimum absolute atomic E-state index is 0.127. The SMILES string of the molecule is CN(C)CCOc1ccc(CCC(=O)NC2CC2)cc1N. The number of benzene rings is 1. The van der Waals surface area contributed by atoms with Crippen molar-refractivity contribution < 1.29 is 9.53 Å². The van der Waals surface area contributed by atoms with Crippen LogP contribution in [-0.2, 0) is 11.2 Å². The van der Waals surface area contributed by atoms with E-state index in [1.807, 2.05) is 32.3 Å². The molecule has 0 unspecified atom stereocenters. The molecule has 3 N–H and O–H groups in total. The second kappa shape index (κ2) is 7.31. The van der Waals surface area contributed by atoms with Crippen molar-refractivity contribution in [2.24, 2.45) is 0 Å². The Bertz CT molecular complexity index is 484. The molecule has 0 atom stereocenters. The van der Waals surface area contributed by atoms with Gasteiger partial charge in [0.2, 0.25) is 5.91 Å². The Balaban J connectivity index is 1.78. The summed E-state index contributed by atoms with van der Waals surface area (Å²) in [5.74, 6) is 0.838. The summed E-state index contributed by atoms with van der Waals surface area (Å²) in [7, 11) is 4.00. The Kier molecular flexibility index (Phi) is 5.44. The van der Waals surface area contributed by atoms with Gasteiger partial charge in [-0.05, 0) is 51.1 Å². The number of likely N-dealkylation sites (N-methyl/N-ethyl adjacent to an activating group) is 1. The van der Waals surface area contributed by atoms with Crippen LogP contribution in [0.15, 0.2) is 18.2 Å². The molecule has 1 aliphatic carbocycles. The average Bonchev–Trinajstić information content (AvgIpc) is 3.22. The van der Waals surface area contributed by atoms with E-state index >= 15 is 0 Å². The van der Waals surface area contributed by atoms with Gasteiger partial charge in [0.05, 0.1) is 5.69 Å². The van der Waals surface area contributed by atoms with E-state index < -0.39 is 0 Å². The van der Waals surface area contributed by atoms with Crippen molar-refractivity contribution in [2.45, 2.75) is 31.7 Å². The molecule has 0 bridgehead atoms. The Hall–Kier alpha value is -1.75. The highest BCUT2D eigenvalue weighted by atomic mass is 16.5. The van der Waals surface area contributed by atoms with E-state index in [4.69, 9.17) is 10.5 Å². The van der Waals surface area contributed by atoms with Crippen LogP contribution in [-0.4, -0.2) is 44.1 Å². The second-order valence-corrected chi connectivity index (χ2v) is 5.87. The van der Waals surface area contributed by atoms with E-state index in [1.54, 1.807) is 0 Å². The van der Waals surface area contributed by atoms with Gasteiger partial charge in [0.25, 0.3) is 0 Å². The van der Waals surface area contributed by atoms with E-state index in [0.29, 0.717) is 36.9 Å². The molecule has 5 nitrogen and oxygen atoms in total. The van der Waals surface area contributed by atoms with Crippen molar-refractivity contribution in [3.8, 4) is 5.75 Å². The number of rotatable bonds is 8. The minimum Gasteiger partial charge on any atom is -0.490 e. The number of nitrogens with one attached hydrogen (secondary N) is 1. The van der Waals surface area contributed by atoms with Crippen LogP contribution in [0.2, 0.25) is 0 Å². The van der Waals surface area contributed by atoms with E-state index in [-0.39, 0.29) is 5.91 Å². The summed E-state index contributed by atoms with van der Waals surface area (Å²) in [6, 6.07) is 6.19. The zero-order valence-corrected chi connectivity index (χ0v) is 12.9. The Morgan fingerprint density at radius 1 is 1.43 bits per heavy atom. The van der Waals surface area contributed by atoms with Gasteiger partial charge in [-0.3, -0.25) is 4.79 Å². The van der Waals surface area contributed by atoms with E-state index in [0.717, 1.165) is 24.9 Å². The molecule has 1 aromatic carbocycles. The molecule has 2 rings (SSSR count). The van der Waals surface area contributed by atoms with Crippen molar-refractivity contribution >= 4 is 11.6 Å². The third-order valence-electron chi connectivity index (χ3n) is 3.45. The topological polar surface area (TPSA) is 67.6 Å². The van der Waals surface area contributed by atoms with Gasteiger partial charge in [0.1, 0.15) is 12.4 Å². The van der Waals surface area contributed by atoms with Gasteiger partial charge in [-0.2, -0.15) is 0 Å². The van der Waals surface area contributed by atoms with Gasteiger partial charge in [-0.25, -0.2) is 0 Å². The summed E-state index contributed by atoms with van der Waals surface area (Å²) >= 11 is 0. The highest BCUT2D eigenvalue weighted by Crippen LogP contribution is 2.23. The van der Waals surface area contributed by atoms with Crippen LogP contribution in [0.5, 0.6) is 5.75 Å². The molecule has 1 amide bonds. The van der Waals surface area contributed by atoms with Gasteiger partial charge in [-0.1, -0.05) is 6.07 Å². The van der Waals surface area contributed by atoms with Gasteiger partial charge in [-0.15, -0.1) is 0 Å². The molecule has 0 radical (unpaired) electrons. The monoisotopic (exact) mass is 291 g/mol. The molecule has 0 saturated heterocycles. The summed E-state index contributed by atoms with van der Waals surface area (Å²) in [6.07, 6.45) is 3.47. The van der Waals surface area contributed by atoms with E-state index in [9.17, 15) is 4.79 Å². The number of anilines is 1. The summed E-state index contributed by atoms with van der Waals surface area (Å²) in [6.45, 7) is 1.46. The number of nitrogens with two attached hydrogens (primary N) is 1. The second-order valence-electron chi connectivity index (χ2n) is 5.87. The number of aryl methyl sites for hydroxylation is 1. The zero-order valence-electron chi connectivity index (χ0n) is 12.9. The smallest absolute Gasteiger partial charge is 0.220 e.